The van der Waals surface area contributed by atoms with Gasteiger partial charge in [-0.15, -0.1) is 0 Å². The van der Waals surface area contributed by atoms with Crippen molar-refractivity contribution in [1.82, 2.24) is 0 Å². The summed E-state index contributed by atoms with van der Waals surface area (Å²) in [4.78, 5) is 36.1. The fourth-order valence-corrected chi connectivity index (χ4v) is 3.04. The topological polar surface area (TPSA) is 84.5 Å². The molecule has 0 aliphatic carbocycles. The Bertz CT molecular complexity index is 1070. The number of amides is 2. The van der Waals surface area contributed by atoms with Crippen molar-refractivity contribution in [3.05, 3.63) is 70.7 Å². The van der Waals surface area contributed by atoms with Gasteiger partial charge in [-0.05, 0) is 51.0 Å². The molecule has 0 fully saturated rings. The van der Waals surface area contributed by atoms with Gasteiger partial charge >= 0.3 is 5.97 Å². The van der Waals surface area contributed by atoms with Crippen molar-refractivity contribution in [2.75, 3.05) is 17.2 Å². The molecule has 0 radical (unpaired) electrons. The van der Waals surface area contributed by atoms with Gasteiger partial charge in [-0.25, -0.2) is 4.79 Å². The minimum absolute atomic E-state index is 0.183. The molecule has 28 heavy (non-hydrogen) atoms. The molecule has 0 unspecified atom stereocenters. The molecule has 3 aromatic rings. The summed E-state index contributed by atoms with van der Waals surface area (Å²) in [5, 5.41) is 6.99. The number of rotatable bonds is 5. The van der Waals surface area contributed by atoms with Gasteiger partial charge in [0.15, 0.2) is 6.61 Å². The smallest absolute Gasteiger partial charge is 0.340 e. The van der Waals surface area contributed by atoms with Gasteiger partial charge in [0.2, 0.25) is 5.91 Å². The molecular weight excluding hydrogens is 424 g/mol. The van der Waals surface area contributed by atoms with E-state index in [1.165, 1.54) is 6.92 Å². The predicted molar refractivity (Wildman–Crippen MR) is 111 cm³/mol. The van der Waals surface area contributed by atoms with E-state index in [4.69, 9.17) is 4.74 Å². The summed E-state index contributed by atoms with van der Waals surface area (Å²) in [6.07, 6.45) is 0. The zero-order valence-corrected chi connectivity index (χ0v) is 16.6. The lowest BCUT2D eigenvalue weighted by molar-refractivity contribution is -0.119. The number of carbonyl (C=O) groups excluding carboxylic acids is 3. The summed E-state index contributed by atoms with van der Waals surface area (Å²) in [5.41, 5.74) is 1.10. The first kappa shape index (κ1) is 19.6. The maximum Gasteiger partial charge on any atom is 0.340 e. The summed E-state index contributed by atoms with van der Waals surface area (Å²) in [7, 11) is 0. The number of esters is 1. The second-order valence-electron chi connectivity index (χ2n) is 6.03. The number of hydrogen-bond donors (Lipinski definition) is 2. The van der Waals surface area contributed by atoms with Crippen LogP contribution >= 0.6 is 15.9 Å². The van der Waals surface area contributed by atoms with Gasteiger partial charge in [0.25, 0.3) is 5.91 Å². The molecule has 142 valence electrons. The highest BCUT2D eigenvalue weighted by Gasteiger charge is 2.17. The zero-order valence-electron chi connectivity index (χ0n) is 15.0. The predicted octanol–water partition coefficient (Wildman–Crippen LogP) is 4.36. The van der Waals surface area contributed by atoms with Crippen LogP contribution in [0.3, 0.4) is 0 Å². The fourth-order valence-electron chi connectivity index (χ4n) is 2.66. The van der Waals surface area contributed by atoms with E-state index in [2.05, 4.69) is 26.6 Å². The molecule has 0 saturated carbocycles. The summed E-state index contributed by atoms with van der Waals surface area (Å²) in [5.74, 6) is -1.48. The van der Waals surface area contributed by atoms with Crippen LogP contribution in [-0.4, -0.2) is 24.4 Å². The highest BCUT2D eigenvalue weighted by molar-refractivity contribution is 9.10. The standard InChI is InChI=1S/C21H17BrN2O4/c1-13(25)23-19-11-15-7-3-2-6-14(15)10-16(19)21(27)28-12-20(26)24-18-9-5-4-8-17(18)22/h2-11H,12H2,1H3,(H,23,25)(H,24,26). The minimum Gasteiger partial charge on any atom is -0.452 e. The van der Waals surface area contributed by atoms with Crippen molar-refractivity contribution in [2.24, 2.45) is 0 Å². The molecule has 0 atom stereocenters. The van der Waals surface area contributed by atoms with Crippen LogP contribution in [0.1, 0.15) is 17.3 Å². The van der Waals surface area contributed by atoms with Gasteiger partial charge < -0.3 is 15.4 Å². The lowest BCUT2D eigenvalue weighted by Gasteiger charge is -2.12. The van der Waals surface area contributed by atoms with E-state index >= 15 is 0 Å². The van der Waals surface area contributed by atoms with E-state index in [1.807, 2.05) is 30.3 Å². The molecule has 6 nitrogen and oxygen atoms in total. The summed E-state index contributed by atoms with van der Waals surface area (Å²) >= 11 is 3.33. The third kappa shape index (κ3) is 4.75. The molecule has 3 aromatic carbocycles. The number of benzene rings is 3. The first-order valence-electron chi connectivity index (χ1n) is 8.46. The van der Waals surface area contributed by atoms with Crippen LogP contribution in [0.2, 0.25) is 0 Å². The van der Waals surface area contributed by atoms with Crippen molar-refractivity contribution in [3.63, 3.8) is 0 Å². The summed E-state index contributed by atoms with van der Waals surface area (Å²) in [6.45, 7) is 0.905. The Hall–Kier alpha value is -3.19. The van der Waals surface area contributed by atoms with Crippen molar-refractivity contribution in [2.45, 2.75) is 6.92 Å². The van der Waals surface area contributed by atoms with Crippen molar-refractivity contribution < 1.29 is 19.1 Å². The van der Waals surface area contributed by atoms with E-state index in [-0.39, 0.29) is 11.5 Å². The number of ether oxygens (including phenoxy) is 1. The second-order valence-corrected chi connectivity index (χ2v) is 6.88. The second kappa shape index (κ2) is 8.67. The number of anilines is 2. The van der Waals surface area contributed by atoms with Crippen LogP contribution in [0.15, 0.2) is 65.1 Å². The number of hydrogen-bond acceptors (Lipinski definition) is 4. The fraction of sp³-hybridized carbons (Fsp3) is 0.0952. The van der Waals surface area contributed by atoms with Crippen LogP contribution in [0.5, 0.6) is 0 Å². The van der Waals surface area contributed by atoms with Gasteiger partial charge in [-0.1, -0.05) is 36.4 Å². The maximum absolute atomic E-state index is 12.6. The van der Waals surface area contributed by atoms with Gasteiger partial charge in [0.05, 0.1) is 16.9 Å². The van der Waals surface area contributed by atoms with Crippen molar-refractivity contribution in [1.29, 1.82) is 0 Å². The molecule has 0 bridgehead atoms. The number of para-hydroxylation sites is 1. The van der Waals surface area contributed by atoms with Gasteiger partial charge in [-0.2, -0.15) is 0 Å². The lowest BCUT2D eigenvalue weighted by atomic mass is 10.0. The Morgan fingerprint density at radius 1 is 0.893 bits per heavy atom. The summed E-state index contributed by atoms with van der Waals surface area (Å²) < 4.78 is 5.88. The van der Waals surface area contributed by atoms with E-state index in [1.54, 1.807) is 30.3 Å². The van der Waals surface area contributed by atoms with Gasteiger partial charge in [0, 0.05) is 11.4 Å². The Labute approximate surface area is 170 Å². The van der Waals surface area contributed by atoms with Gasteiger partial charge in [0.1, 0.15) is 0 Å². The van der Waals surface area contributed by atoms with E-state index < -0.39 is 18.5 Å². The zero-order chi connectivity index (χ0) is 20.1. The van der Waals surface area contributed by atoms with Crippen LogP contribution in [-0.2, 0) is 14.3 Å². The normalized spacial score (nSPS) is 10.4. The van der Waals surface area contributed by atoms with E-state index in [9.17, 15) is 14.4 Å². The largest absolute Gasteiger partial charge is 0.452 e. The quantitative estimate of drug-likeness (QED) is 0.577. The maximum atomic E-state index is 12.6. The van der Waals surface area contributed by atoms with E-state index in [0.717, 1.165) is 15.2 Å². The molecule has 0 saturated heterocycles. The highest BCUT2D eigenvalue weighted by Crippen LogP contribution is 2.25. The van der Waals surface area contributed by atoms with Gasteiger partial charge in [-0.3, -0.25) is 9.59 Å². The van der Waals surface area contributed by atoms with E-state index in [0.29, 0.717) is 11.4 Å². The highest BCUT2D eigenvalue weighted by atomic mass is 79.9. The molecule has 7 heteroatoms. The Morgan fingerprint density at radius 3 is 2.21 bits per heavy atom. The molecule has 3 rings (SSSR count). The molecule has 0 heterocycles. The van der Waals surface area contributed by atoms with Crippen LogP contribution in [0, 0.1) is 0 Å². The molecule has 0 aliphatic heterocycles. The summed E-state index contributed by atoms with van der Waals surface area (Å²) in [6, 6.07) is 17.9. The van der Waals surface area contributed by atoms with Crippen molar-refractivity contribution in [3.8, 4) is 0 Å². The minimum atomic E-state index is -0.697. The monoisotopic (exact) mass is 440 g/mol. The van der Waals surface area contributed by atoms with Crippen molar-refractivity contribution >= 4 is 55.9 Å². The number of fused-ring (bicyclic) bond motifs is 1. The Morgan fingerprint density at radius 2 is 1.54 bits per heavy atom. The van der Waals surface area contributed by atoms with Crippen LogP contribution in [0.25, 0.3) is 10.8 Å². The molecule has 0 spiro atoms. The number of carbonyl (C=O) groups is 3. The first-order chi connectivity index (χ1) is 13.4. The molecule has 2 amide bonds. The average Bonchev–Trinajstić information content (AvgIpc) is 2.67. The molecular formula is C21H17BrN2O4. The van der Waals surface area contributed by atoms with Crippen LogP contribution < -0.4 is 10.6 Å². The number of halogens is 1. The number of nitrogens with one attached hydrogen (secondary N) is 2. The molecule has 0 aliphatic rings. The molecule has 2 N–H and O–H groups in total. The first-order valence-corrected chi connectivity index (χ1v) is 9.25. The Balaban J connectivity index is 1.76. The Kier molecular flexibility index (Phi) is 6.06. The average molecular weight is 441 g/mol. The lowest BCUT2D eigenvalue weighted by Crippen LogP contribution is -2.22. The SMILES string of the molecule is CC(=O)Nc1cc2ccccc2cc1C(=O)OCC(=O)Nc1ccccc1Br. The molecule has 0 aromatic heterocycles. The van der Waals surface area contributed by atoms with Crippen LogP contribution in [0.4, 0.5) is 11.4 Å². The third-order valence-corrected chi connectivity index (χ3v) is 4.59. The third-order valence-electron chi connectivity index (χ3n) is 3.90.